The van der Waals surface area contributed by atoms with Gasteiger partial charge < -0.3 is 19.3 Å². The quantitative estimate of drug-likeness (QED) is 0.128. The van der Waals surface area contributed by atoms with Gasteiger partial charge in [-0.15, -0.1) is 0 Å². The summed E-state index contributed by atoms with van der Waals surface area (Å²) in [5.41, 5.74) is 2.46. The van der Waals surface area contributed by atoms with Crippen molar-refractivity contribution in [2.24, 2.45) is 17.8 Å². The van der Waals surface area contributed by atoms with E-state index in [1.807, 2.05) is 41.2 Å². The van der Waals surface area contributed by atoms with Crippen LogP contribution in [0.25, 0.3) is 5.69 Å². The lowest BCUT2D eigenvalue weighted by Crippen LogP contribution is -2.46. The fourth-order valence-electron chi connectivity index (χ4n) is 7.91. The van der Waals surface area contributed by atoms with Crippen LogP contribution in [0.3, 0.4) is 0 Å². The maximum absolute atomic E-state index is 15.0. The van der Waals surface area contributed by atoms with Crippen LogP contribution in [0.1, 0.15) is 52.1 Å². The van der Waals surface area contributed by atoms with Crippen molar-refractivity contribution in [2.75, 3.05) is 49.2 Å². The molecule has 5 aromatic rings. The number of aromatic nitrogens is 5. The number of halogens is 2. The molecular weight excluding hydrogens is 676 g/mol. The molecule has 0 saturated carbocycles. The Morgan fingerprint density at radius 3 is 2.17 bits per heavy atom. The van der Waals surface area contributed by atoms with Crippen molar-refractivity contribution < 1.29 is 18.3 Å². The highest BCUT2D eigenvalue weighted by molar-refractivity contribution is 5.55. The Bertz CT molecular complexity index is 2000. The summed E-state index contributed by atoms with van der Waals surface area (Å²) in [5, 5.41) is 4.19. The van der Waals surface area contributed by atoms with Crippen LogP contribution in [0.15, 0.2) is 96.6 Å². The van der Waals surface area contributed by atoms with Crippen LogP contribution in [-0.2, 0) is 16.9 Å². The number of hydrogen-bond donors (Lipinski definition) is 0. The zero-order valence-electron chi connectivity index (χ0n) is 30.9. The van der Waals surface area contributed by atoms with Gasteiger partial charge in [-0.1, -0.05) is 33.8 Å². The summed E-state index contributed by atoms with van der Waals surface area (Å²) in [4.78, 5) is 22.1. The van der Waals surface area contributed by atoms with Gasteiger partial charge in [0.05, 0.1) is 25.4 Å². The summed E-state index contributed by atoms with van der Waals surface area (Å²) < 4.78 is 46.4. The summed E-state index contributed by atoms with van der Waals surface area (Å²) in [6.07, 6.45) is 8.21. The van der Waals surface area contributed by atoms with E-state index in [0.29, 0.717) is 37.0 Å². The number of hydrogen-bond acceptors (Lipinski definition) is 7. The second kappa shape index (κ2) is 15.6. The van der Waals surface area contributed by atoms with Crippen molar-refractivity contribution in [3.8, 4) is 11.4 Å². The van der Waals surface area contributed by atoms with Crippen LogP contribution in [0.2, 0.25) is 0 Å². The summed E-state index contributed by atoms with van der Waals surface area (Å²) in [6.45, 7) is 13.4. The largest absolute Gasteiger partial charge is 0.493 e. The van der Waals surface area contributed by atoms with E-state index in [0.717, 1.165) is 61.5 Å². The molecule has 0 radical (unpaired) electrons. The van der Waals surface area contributed by atoms with Crippen LogP contribution in [0, 0.1) is 29.4 Å². The minimum absolute atomic E-state index is 0.00117. The van der Waals surface area contributed by atoms with E-state index in [1.165, 1.54) is 18.5 Å². The molecule has 12 heteroatoms. The molecule has 4 atom stereocenters. The second-order valence-electron chi connectivity index (χ2n) is 14.8. The zero-order chi connectivity index (χ0) is 37.1. The molecule has 10 nitrogen and oxygen atoms in total. The van der Waals surface area contributed by atoms with Gasteiger partial charge in [-0.3, -0.25) is 9.13 Å². The smallest absolute Gasteiger partial charge is 0.332 e. The van der Waals surface area contributed by atoms with Gasteiger partial charge >= 0.3 is 5.69 Å². The van der Waals surface area contributed by atoms with E-state index in [9.17, 15) is 13.6 Å². The van der Waals surface area contributed by atoms with Crippen LogP contribution in [-0.4, -0.2) is 63.3 Å². The Morgan fingerprint density at radius 2 is 1.57 bits per heavy atom. The van der Waals surface area contributed by atoms with Crippen molar-refractivity contribution >= 4 is 11.4 Å². The number of rotatable bonds is 13. The third-order valence-corrected chi connectivity index (χ3v) is 11.2. The van der Waals surface area contributed by atoms with Crippen molar-refractivity contribution in [3.05, 3.63) is 119 Å². The fraction of sp³-hybridized carbons (Fsp3) is 0.439. The molecular formula is C41H49F2N7O3. The molecule has 7 rings (SSSR count). The molecule has 4 heterocycles. The van der Waals surface area contributed by atoms with Crippen LogP contribution < -0.4 is 20.2 Å². The minimum atomic E-state index is -1.01. The molecule has 0 spiro atoms. The first-order chi connectivity index (χ1) is 25.6. The number of imidazole rings is 1. The molecule has 0 N–H and O–H groups in total. The molecule has 3 aromatic carbocycles. The highest BCUT2D eigenvalue weighted by Crippen LogP contribution is 2.42. The molecule has 2 aliphatic heterocycles. The first kappa shape index (κ1) is 36.4. The summed E-state index contributed by atoms with van der Waals surface area (Å²) >= 11 is 0. The fourth-order valence-corrected chi connectivity index (χ4v) is 7.91. The van der Waals surface area contributed by atoms with Gasteiger partial charge in [0.1, 0.15) is 35.6 Å². The highest BCUT2D eigenvalue weighted by atomic mass is 19.1. The van der Waals surface area contributed by atoms with Gasteiger partial charge in [0, 0.05) is 73.5 Å². The van der Waals surface area contributed by atoms with E-state index in [-0.39, 0.29) is 24.2 Å². The Morgan fingerprint density at radius 1 is 0.906 bits per heavy atom. The molecule has 1 unspecified atom stereocenters. The third-order valence-electron chi connectivity index (χ3n) is 11.2. The lowest BCUT2D eigenvalue weighted by Gasteiger charge is -2.37. The van der Waals surface area contributed by atoms with Gasteiger partial charge in [0.2, 0.25) is 0 Å². The molecule has 53 heavy (non-hydrogen) atoms. The standard InChI is InChI=1S/C41H49F2N7O3/c1-5-39(30(4)29(2)3)50-21-20-49(40(50)51)35-9-7-33(8-10-35)46-16-18-47(19-17-46)34-11-13-36(14-12-34)52-24-31-23-41(53-25-31,26-48-28-44-27-45-48)37-15-6-32(42)22-38(37)43/h6-15,20-22,27-31,39H,5,16-19,23-26H2,1-4H3/t30-,31+,39+,41?/m1/s1. The number of piperazine rings is 1. The van der Waals surface area contributed by atoms with Crippen molar-refractivity contribution in [1.82, 2.24) is 23.9 Å². The average molecular weight is 726 g/mol. The number of benzene rings is 3. The second-order valence-corrected chi connectivity index (χ2v) is 14.8. The molecule has 0 amide bonds. The van der Waals surface area contributed by atoms with E-state index in [4.69, 9.17) is 9.47 Å². The maximum atomic E-state index is 15.0. The summed E-state index contributed by atoms with van der Waals surface area (Å²) in [7, 11) is 0. The Hall–Kier alpha value is -4.97. The third kappa shape index (κ3) is 7.74. The van der Waals surface area contributed by atoms with E-state index in [2.05, 4.69) is 71.8 Å². The van der Waals surface area contributed by atoms with Gasteiger partial charge in [0.25, 0.3) is 0 Å². The monoisotopic (exact) mass is 725 g/mol. The maximum Gasteiger partial charge on any atom is 0.332 e. The lowest BCUT2D eigenvalue weighted by atomic mass is 9.87. The van der Waals surface area contributed by atoms with Gasteiger partial charge in [-0.2, -0.15) is 5.10 Å². The first-order valence-corrected chi connectivity index (χ1v) is 18.7. The molecule has 2 aromatic heterocycles. The highest BCUT2D eigenvalue weighted by Gasteiger charge is 2.44. The molecule has 0 aliphatic carbocycles. The molecule has 0 bridgehead atoms. The summed E-state index contributed by atoms with van der Waals surface area (Å²) in [5.74, 6) is 0.384. The predicted molar refractivity (Wildman–Crippen MR) is 202 cm³/mol. The molecule has 2 saturated heterocycles. The Labute approximate surface area is 309 Å². The Kier molecular flexibility index (Phi) is 10.7. The topological polar surface area (TPSA) is 82.6 Å². The van der Waals surface area contributed by atoms with Crippen LogP contribution in [0.5, 0.6) is 5.75 Å². The van der Waals surface area contributed by atoms with Crippen LogP contribution in [0.4, 0.5) is 20.2 Å². The lowest BCUT2D eigenvalue weighted by molar-refractivity contribution is -0.0206. The Balaban J connectivity index is 0.921. The normalized spacial score (nSPS) is 20.2. The first-order valence-electron chi connectivity index (χ1n) is 18.7. The van der Waals surface area contributed by atoms with E-state index in [1.54, 1.807) is 15.6 Å². The van der Waals surface area contributed by atoms with Gasteiger partial charge in [-0.25, -0.2) is 23.2 Å². The summed E-state index contributed by atoms with van der Waals surface area (Å²) in [6, 6.07) is 20.2. The van der Waals surface area contributed by atoms with E-state index < -0.39 is 17.2 Å². The van der Waals surface area contributed by atoms with E-state index >= 15 is 0 Å². The molecule has 280 valence electrons. The minimum Gasteiger partial charge on any atom is -0.493 e. The molecule has 2 aliphatic rings. The molecule has 2 fully saturated rings. The number of anilines is 2. The number of ether oxygens (including phenoxy) is 2. The number of nitrogens with zero attached hydrogens (tertiary/aromatic N) is 7. The van der Waals surface area contributed by atoms with Crippen molar-refractivity contribution in [1.29, 1.82) is 0 Å². The average Bonchev–Trinajstić information content (AvgIpc) is 3.93. The van der Waals surface area contributed by atoms with Crippen molar-refractivity contribution in [3.63, 3.8) is 0 Å². The van der Waals surface area contributed by atoms with Gasteiger partial charge in [0.15, 0.2) is 0 Å². The van der Waals surface area contributed by atoms with Crippen molar-refractivity contribution in [2.45, 2.75) is 58.7 Å². The SMILES string of the molecule is CC[C@@H]([C@H](C)C(C)C)n1ccn(-c2ccc(N3CCN(c4ccc(OC[C@H]5COC(Cn6cncn6)(c6ccc(F)cc6F)C5)cc4)CC3)cc2)c1=O. The van der Waals surface area contributed by atoms with Crippen LogP contribution >= 0.6 is 0 Å². The predicted octanol–water partition coefficient (Wildman–Crippen LogP) is 7.09. The zero-order valence-corrected chi connectivity index (χ0v) is 30.9. The van der Waals surface area contributed by atoms with Gasteiger partial charge in [-0.05, 0) is 79.3 Å².